The van der Waals surface area contributed by atoms with Gasteiger partial charge in [0.1, 0.15) is 0 Å². The summed E-state index contributed by atoms with van der Waals surface area (Å²) in [5.41, 5.74) is 2.70. The normalized spacial score (nSPS) is 9.50. The lowest BCUT2D eigenvalue weighted by Gasteiger charge is -2.01. The minimum atomic E-state index is 1.05. The van der Waals surface area contributed by atoms with E-state index in [4.69, 9.17) is 0 Å². The highest BCUT2D eigenvalue weighted by molar-refractivity contribution is 4.72. The van der Waals surface area contributed by atoms with Gasteiger partial charge >= 0.3 is 0 Å². The standard InChI is InChI=1S/C12H24N2/c1-3-10-14-12-9-7-5-4-6-8-11-13-2/h10,13-14H,1,4-9,11-12H2,2H3. The van der Waals surface area contributed by atoms with E-state index in [1.807, 2.05) is 7.05 Å². The average Bonchev–Trinajstić information content (AvgIpc) is 2.21. The van der Waals surface area contributed by atoms with Gasteiger partial charge in [-0.3, -0.25) is 0 Å². The summed E-state index contributed by atoms with van der Waals surface area (Å²) in [5, 5.41) is 6.30. The van der Waals surface area contributed by atoms with Crippen LogP contribution < -0.4 is 10.6 Å². The summed E-state index contributed by atoms with van der Waals surface area (Å²) in [7, 11) is 2.01. The summed E-state index contributed by atoms with van der Waals surface area (Å²) >= 11 is 0. The largest absolute Gasteiger partial charge is 0.385 e. The maximum absolute atomic E-state index is 3.49. The lowest BCUT2D eigenvalue weighted by atomic mass is 10.1. The fourth-order valence-electron chi connectivity index (χ4n) is 1.38. The molecule has 0 aliphatic carbocycles. The molecule has 0 aromatic heterocycles. The fraction of sp³-hybridized carbons (Fsp3) is 0.750. The third-order valence-corrected chi connectivity index (χ3v) is 2.20. The van der Waals surface area contributed by atoms with Crippen LogP contribution in [-0.4, -0.2) is 20.1 Å². The van der Waals surface area contributed by atoms with Crippen LogP contribution in [0.2, 0.25) is 0 Å². The molecule has 0 saturated heterocycles. The van der Waals surface area contributed by atoms with Crippen LogP contribution in [0.3, 0.4) is 0 Å². The molecule has 0 aromatic rings. The van der Waals surface area contributed by atoms with Crippen molar-refractivity contribution in [3.63, 3.8) is 0 Å². The number of rotatable bonds is 10. The third-order valence-electron chi connectivity index (χ3n) is 2.20. The molecule has 82 valence electrons. The first-order chi connectivity index (χ1) is 6.91. The summed E-state index contributed by atoms with van der Waals surface area (Å²) in [4.78, 5) is 0. The van der Waals surface area contributed by atoms with Crippen molar-refractivity contribution in [3.05, 3.63) is 18.5 Å². The predicted molar refractivity (Wildman–Crippen MR) is 63.3 cm³/mol. The van der Waals surface area contributed by atoms with Crippen molar-refractivity contribution in [2.75, 3.05) is 20.1 Å². The maximum atomic E-state index is 3.49. The van der Waals surface area contributed by atoms with Gasteiger partial charge in [-0.1, -0.05) is 32.3 Å². The molecule has 0 atom stereocenters. The van der Waals surface area contributed by atoms with Crippen LogP contribution >= 0.6 is 0 Å². The second kappa shape index (κ2) is 12.3. The maximum Gasteiger partial charge on any atom is 0.0391 e. The van der Waals surface area contributed by atoms with Gasteiger partial charge in [-0.25, -0.2) is 0 Å². The molecule has 0 spiro atoms. The Balaban J connectivity index is 2.88. The molecular formula is C12H24N2. The smallest absolute Gasteiger partial charge is 0.0391 e. The van der Waals surface area contributed by atoms with Crippen molar-refractivity contribution in [2.24, 2.45) is 0 Å². The van der Waals surface area contributed by atoms with Gasteiger partial charge in [0, 0.05) is 12.7 Å². The molecule has 0 amide bonds. The van der Waals surface area contributed by atoms with Gasteiger partial charge in [0.25, 0.3) is 0 Å². The monoisotopic (exact) mass is 196 g/mol. The summed E-state index contributed by atoms with van der Waals surface area (Å²) < 4.78 is 0. The van der Waals surface area contributed by atoms with E-state index in [0.29, 0.717) is 0 Å². The quantitative estimate of drug-likeness (QED) is 0.414. The molecule has 0 rings (SSSR count). The highest BCUT2D eigenvalue weighted by Crippen LogP contribution is 2.04. The second-order valence-electron chi connectivity index (χ2n) is 3.53. The zero-order chi connectivity index (χ0) is 10.5. The van der Waals surface area contributed by atoms with Crippen molar-refractivity contribution in [2.45, 2.75) is 38.5 Å². The summed E-state index contributed by atoms with van der Waals surface area (Å²) in [6, 6.07) is 0. The molecule has 0 bridgehead atoms. The topological polar surface area (TPSA) is 24.1 Å². The minimum absolute atomic E-state index is 1.05. The van der Waals surface area contributed by atoms with Crippen molar-refractivity contribution < 1.29 is 0 Å². The van der Waals surface area contributed by atoms with Crippen LogP contribution in [0.5, 0.6) is 0 Å². The summed E-state index contributed by atoms with van der Waals surface area (Å²) in [6.07, 6.45) is 9.78. The molecule has 0 saturated carbocycles. The van der Waals surface area contributed by atoms with E-state index in [0.717, 1.165) is 13.1 Å². The highest BCUT2D eigenvalue weighted by Gasteiger charge is 1.89. The van der Waals surface area contributed by atoms with Crippen LogP contribution in [0.25, 0.3) is 0 Å². The molecule has 2 nitrogen and oxygen atoms in total. The van der Waals surface area contributed by atoms with Crippen LogP contribution in [0.4, 0.5) is 0 Å². The van der Waals surface area contributed by atoms with Crippen molar-refractivity contribution in [3.8, 4) is 0 Å². The van der Waals surface area contributed by atoms with Gasteiger partial charge in [0.2, 0.25) is 0 Å². The van der Waals surface area contributed by atoms with E-state index < -0.39 is 0 Å². The van der Waals surface area contributed by atoms with E-state index >= 15 is 0 Å². The lowest BCUT2D eigenvalue weighted by molar-refractivity contribution is 0.576. The third kappa shape index (κ3) is 11.3. The van der Waals surface area contributed by atoms with E-state index in [1.165, 1.54) is 38.5 Å². The number of unbranched alkanes of at least 4 members (excludes halogenated alkanes) is 5. The first-order valence-corrected chi connectivity index (χ1v) is 5.64. The van der Waals surface area contributed by atoms with Crippen molar-refractivity contribution in [1.82, 2.24) is 10.6 Å². The summed E-state index contributed by atoms with van der Waals surface area (Å²) in [5.74, 6) is 0. The minimum Gasteiger partial charge on any atom is -0.385 e. The van der Waals surface area contributed by atoms with Gasteiger partial charge in [-0.2, -0.15) is 0 Å². The Morgan fingerprint density at radius 2 is 1.57 bits per heavy atom. The Kier molecular flexibility index (Phi) is 11.6. The Bertz CT molecular complexity index is 148. The Hall–Kier alpha value is -0.720. The molecule has 0 radical (unpaired) electrons. The number of hydrogen-bond acceptors (Lipinski definition) is 2. The zero-order valence-electron chi connectivity index (χ0n) is 9.44. The SMILES string of the molecule is C=C=CNCCCCCCCCNC. The number of hydrogen-bond donors (Lipinski definition) is 2. The first-order valence-electron chi connectivity index (χ1n) is 5.64. The van der Waals surface area contributed by atoms with Gasteiger partial charge < -0.3 is 10.6 Å². The molecule has 0 aliphatic heterocycles. The molecule has 2 N–H and O–H groups in total. The first kappa shape index (κ1) is 13.3. The van der Waals surface area contributed by atoms with Crippen LogP contribution in [0.1, 0.15) is 38.5 Å². The molecule has 0 heterocycles. The fourth-order valence-corrected chi connectivity index (χ4v) is 1.38. The van der Waals surface area contributed by atoms with Crippen molar-refractivity contribution >= 4 is 0 Å². The van der Waals surface area contributed by atoms with Gasteiger partial charge in [-0.05, 0) is 26.4 Å². The molecule has 0 aromatic carbocycles. The Morgan fingerprint density at radius 3 is 2.14 bits per heavy atom. The Labute approximate surface area is 88.5 Å². The molecule has 14 heavy (non-hydrogen) atoms. The molecule has 0 unspecified atom stereocenters. The van der Waals surface area contributed by atoms with Crippen LogP contribution in [0.15, 0.2) is 18.5 Å². The highest BCUT2D eigenvalue weighted by atomic mass is 14.8. The van der Waals surface area contributed by atoms with E-state index in [1.54, 1.807) is 6.20 Å². The van der Waals surface area contributed by atoms with Gasteiger partial charge in [0.05, 0.1) is 0 Å². The second-order valence-corrected chi connectivity index (χ2v) is 3.53. The van der Waals surface area contributed by atoms with Gasteiger partial charge in [-0.15, -0.1) is 5.73 Å². The summed E-state index contributed by atoms with van der Waals surface area (Å²) in [6.45, 7) is 5.70. The van der Waals surface area contributed by atoms with Crippen LogP contribution in [0, 0.1) is 0 Å². The average molecular weight is 196 g/mol. The Morgan fingerprint density at radius 1 is 1.00 bits per heavy atom. The molecule has 0 aliphatic rings. The van der Waals surface area contributed by atoms with E-state index in [-0.39, 0.29) is 0 Å². The van der Waals surface area contributed by atoms with Gasteiger partial charge in [0.15, 0.2) is 0 Å². The molecular weight excluding hydrogens is 172 g/mol. The van der Waals surface area contributed by atoms with Crippen LogP contribution in [-0.2, 0) is 0 Å². The molecule has 0 fully saturated rings. The number of nitrogens with one attached hydrogen (secondary N) is 2. The van der Waals surface area contributed by atoms with E-state index in [2.05, 4.69) is 22.9 Å². The predicted octanol–water partition coefficient (Wildman–Crippen LogP) is 2.43. The lowest BCUT2D eigenvalue weighted by Crippen LogP contribution is -2.07. The zero-order valence-corrected chi connectivity index (χ0v) is 9.44. The van der Waals surface area contributed by atoms with Crippen molar-refractivity contribution in [1.29, 1.82) is 0 Å². The van der Waals surface area contributed by atoms with E-state index in [9.17, 15) is 0 Å². The molecule has 2 heteroatoms.